The van der Waals surface area contributed by atoms with Crippen LogP contribution in [-0.2, 0) is 4.79 Å². The van der Waals surface area contributed by atoms with E-state index in [9.17, 15) is 4.79 Å². The summed E-state index contributed by atoms with van der Waals surface area (Å²) < 4.78 is 5.49. The monoisotopic (exact) mass is 253 g/mol. The maximum absolute atomic E-state index is 11.7. The summed E-state index contributed by atoms with van der Waals surface area (Å²) in [7, 11) is 3.71. The van der Waals surface area contributed by atoms with Gasteiger partial charge in [-0.3, -0.25) is 4.79 Å². The topological polar surface area (TPSA) is 29.5 Å². The lowest BCUT2D eigenvalue weighted by Gasteiger charge is -2.12. The number of benzene rings is 1. The Morgan fingerprint density at radius 3 is 2.76 bits per heavy atom. The first-order valence-corrected chi connectivity index (χ1v) is 5.67. The van der Waals surface area contributed by atoms with Crippen molar-refractivity contribution in [3.05, 3.63) is 41.6 Å². The number of hydrogen-bond donors (Lipinski definition) is 0. The van der Waals surface area contributed by atoms with Crippen LogP contribution >= 0.6 is 11.6 Å². The number of carbonyl (C=O) groups is 1. The van der Waals surface area contributed by atoms with Crippen molar-refractivity contribution in [3.63, 3.8) is 0 Å². The van der Waals surface area contributed by atoms with Gasteiger partial charge in [-0.25, -0.2) is 0 Å². The molecule has 1 unspecified atom stereocenters. The third-order valence-electron chi connectivity index (χ3n) is 2.05. The highest BCUT2D eigenvalue weighted by Gasteiger charge is 2.11. The Balaban J connectivity index is 2.60. The predicted molar refractivity (Wildman–Crippen MR) is 69.4 cm³/mol. The molecule has 0 radical (unpaired) electrons. The number of ether oxygens (including phenoxy) is 1. The molecule has 0 aliphatic rings. The van der Waals surface area contributed by atoms with Crippen LogP contribution in [0.4, 0.5) is 0 Å². The van der Waals surface area contributed by atoms with E-state index in [1.165, 1.54) is 6.08 Å². The second kappa shape index (κ2) is 6.30. The SMILES string of the molecule is CC(Oc1cccc(Cl)c1)C(=O)/C=C\N(C)C. The first-order chi connectivity index (χ1) is 7.99. The Labute approximate surface area is 107 Å². The fourth-order valence-electron chi connectivity index (χ4n) is 1.16. The van der Waals surface area contributed by atoms with Gasteiger partial charge in [0, 0.05) is 31.4 Å². The highest BCUT2D eigenvalue weighted by Crippen LogP contribution is 2.18. The van der Waals surface area contributed by atoms with Crippen LogP contribution in [0.3, 0.4) is 0 Å². The average molecular weight is 254 g/mol. The summed E-state index contributed by atoms with van der Waals surface area (Å²) in [6.45, 7) is 1.71. The van der Waals surface area contributed by atoms with Crippen LogP contribution < -0.4 is 4.74 Å². The van der Waals surface area contributed by atoms with Crippen LogP contribution in [0.2, 0.25) is 5.02 Å². The Bertz CT molecular complexity index is 416. The molecular weight excluding hydrogens is 238 g/mol. The Hall–Kier alpha value is -1.48. The highest BCUT2D eigenvalue weighted by molar-refractivity contribution is 6.30. The van der Waals surface area contributed by atoms with Gasteiger partial charge in [-0.05, 0) is 25.1 Å². The fraction of sp³-hybridized carbons (Fsp3) is 0.308. The van der Waals surface area contributed by atoms with Crippen LogP contribution in [0.15, 0.2) is 36.5 Å². The van der Waals surface area contributed by atoms with E-state index in [-0.39, 0.29) is 5.78 Å². The van der Waals surface area contributed by atoms with E-state index in [2.05, 4.69) is 0 Å². The highest BCUT2D eigenvalue weighted by atomic mass is 35.5. The smallest absolute Gasteiger partial charge is 0.197 e. The second-order valence-corrected chi connectivity index (χ2v) is 4.34. The van der Waals surface area contributed by atoms with Crippen molar-refractivity contribution in [3.8, 4) is 5.75 Å². The molecule has 1 rings (SSSR count). The zero-order chi connectivity index (χ0) is 12.8. The quantitative estimate of drug-likeness (QED) is 0.756. The van der Waals surface area contributed by atoms with Crippen molar-refractivity contribution < 1.29 is 9.53 Å². The first-order valence-electron chi connectivity index (χ1n) is 5.29. The van der Waals surface area contributed by atoms with Crippen molar-refractivity contribution in [2.45, 2.75) is 13.0 Å². The molecule has 0 N–H and O–H groups in total. The molecule has 0 bridgehead atoms. The largest absolute Gasteiger partial charge is 0.483 e. The van der Waals surface area contributed by atoms with Gasteiger partial charge in [0.2, 0.25) is 0 Å². The Morgan fingerprint density at radius 2 is 2.18 bits per heavy atom. The summed E-state index contributed by atoms with van der Waals surface area (Å²) in [4.78, 5) is 13.5. The molecule has 3 nitrogen and oxygen atoms in total. The molecule has 92 valence electrons. The Kier molecular flexibility index (Phi) is 5.04. The van der Waals surface area contributed by atoms with Gasteiger partial charge in [-0.2, -0.15) is 0 Å². The summed E-state index contributed by atoms with van der Waals surface area (Å²) in [5, 5.41) is 0.589. The van der Waals surface area contributed by atoms with Crippen LogP contribution in [-0.4, -0.2) is 30.9 Å². The van der Waals surface area contributed by atoms with Crippen molar-refractivity contribution in [1.82, 2.24) is 4.90 Å². The number of hydrogen-bond acceptors (Lipinski definition) is 3. The molecule has 0 aliphatic heterocycles. The third kappa shape index (κ3) is 4.91. The molecular formula is C13H16ClNO2. The van der Waals surface area contributed by atoms with Gasteiger partial charge in [0.25, 0.3) is 0 Å². The lowest BCUT2D eigenvalue weighted by atomic mass is 10.2. The van der Waals surface area contributed by atoms with E-state index in [4.69, 9.17) is 16.3 Å². The molecule has 1 aromatic carbocycles. The molecule has 0 fully saturated rings. The van der Waals surface area contributed by atoms with E-state index in [1.807, 2.05) is 14.1 Å². The minimum Gasteiger partial charge on any atom is -0.483 e. The van der Waals surface area contributed by atoms with E-state index >= 15 is 0 Å². The molecule has 0 saturated heterocycles. The van der Waals surface area contributed by atoms with E-state index in [1.54, 1.807) is 42.3 Å². The van der Waals surface area contributed by atoms with Gasteiger partial charge < -0.3 is 9.64 Å². The summed E-state index contributed by atoms with van der Waals surface area (Å²) in [6, 6.07) is 6.99. The predicted octanol–water partition coefficient (Wildman–Crippen LogP) is 2.75. The molecule has 1 atom stereocenters. The summed E-state index contributed by atoms with van der Waals surface area (Å²) >= 11 is 5.83. The first kappa shape index (κ1) is 13.6. The van der Waals surface area contributed by atoms with Crippen LogP contribution in [0.25, 0.3) is 0 Å². The summed E-state index contributed by atoms with van der Waals surface area (Å²) in [5.41, 5.74) is 0. The number of carbonyl (C=O) groups excluding carboxylic acids is 1. The van der Waals surface area contributed by atoms with E-state index in [0.717, 1.165) is 0 Å². The van der Waals surface area contributed by atoms with Crippen molar-refractivity contribution in [1.29, 1.82) is 0 Å². The van der Waals surface area contributed by atoms with Gasteiger partial charge in [-0.15, -0.1) is 0 Å². The minimum absolute atomic E-state index is 0.0846. The zero-order valence-corrected chi connectivity index (χ0v) is 10.9. The zero-order valence-electron chi connectivity index (χ0n) is 10.2. The van der Waals surface area contributed by atoms with E-state index in [0.29, 0.717) is 10.8 Å². The average Bonchev–Trinajstić information content (AvgIpc) is 2.25. The summed E-state index contributed by atoms with van der Waals surface area (Å²) in [5.74, 6) is 0.510. The van der Waals surface area contributed by atoms with Crippen LogP contribution in [0.5, 0.6) is 5.75 Å². The maximum atomic E-state index is 11.7. The molecule has 0 aliphatic carbocycles. The molecule has 0 heterocycles. The van der Waals surface area contributed by atoms with Gasteiger partial charge in [-0.1, -0.05) is 17.7 Å². The lowest BCUT2D eigenvalue weighted by molar-refractivity contribution is -0.120. The number of ketones is 1. The second-order valence-electron chi connectivity index (χ2n) is 3.90. The molecule has 0 saturated carbocycles. The fourth-order valence-corrected chi connectivity index (χ4v) is 1.34. The number of halogens is 1. The Morgan fingerprint density at radius 1 is 1.47 bits per heavy atom. The minimum atomic E-state index is -0.523. The van der Waals surface area contributed by atoms with E-state index < -0.39 is 6.10 Å². The van der Waals surface area contributed by atoms with Gasteiger partial charge in [0.05, 0.1) is 0 Å². The van der Waals surface area contributed by atoms with Crippen molar-refractivity contribution in [2.24, 2.45) is 0 Å². The normalized spacial score (nSPS) is 12.5. The van der Waals surface area contributed by atoms with Gasteiger partial charge >= 0.3 is 0 Å². The van der Waals surface area contributed by atoms with Crippen LogP contribution in [0.1, 0.15) is 6.92 Å². The molecule has 0 amide bonds. The number of rotatable bonds is 5. The standard InChI is InChI=1S/C13H16ClNO2/c1-10(13(16)7-8-15(2)3)17-12-6-4-5-11(14)9-12/h4-10H,1-3H3/b8-7-. The molecule has 1 aromatic rings. The maximum Gasteiger partial charge on any atom is 0.197 e. The van der Waals surface area contributed by atoms with Crippen molar-refractivity contribution in [2.75, 3.05) is 14.1 Å². The van der Waals surface area contributed by atoms with Gasteiger partial charge in [0.15, 0.2) is 11.9 Å². The molecule has 17 heavy (non-hydrogen) atoms. The molecule has 4 heteroatoms. The third-order valence-corrected chi connectivity index (χ3v) is 2.28. The lowest BCUT2D eigenvalue weighted by Crippen LogP contribution is -2.22. The molecule has 0 aromatic heterocycles. The summed E-state index contributed by atoms with van der Waals surface area (Å²) in [6.07, 6.45) is 2.67. The molecule has 0 spiro atoms. The van der Waals surface area contributed by atoms with Crippen LogP contribution in [0, 0.1) is 0 Å². The van der Waals surface area contributed by atoms with Gasteiger partial charge in [0.1, 0.15) is 5.75 Å². The number of nitrogens with zero attached hydrogens (tertiary/aromatic N) is 1. The van der Waals surface area contributed by atoms with Crippen molar-refractivity contribution >= 4 is 17.4 Å².